The molecule has 0 spiro atoms. The van der Waals surface area contributed by atoms with Crippen LogP contribution in [0.15, 0.2) is 0 Å². The quantitative estimate of drug-likeness (QED) is 0.756. The first-order valence-electron chi connectivity index (χ1n) is 6.72. The SMILES string of the molecule is O=S(=O)(CC1CCC1)NCC(O)C1CCCC1. The van der Waals surface area contributed by atoms with E-state index in [1.807, 2.05) is 0 Å². The Morgan fingerprint density at radius 1 is 1.12 bits per heavy atom. The molecule has 0 aromatic heterocycles. The topological polar surface area (TPSA) is 66.4 Å². The van der Waals surface area contributed by atoms with Crippen molar-refractivity contribution in [3.8, 4) is 0 Å². The van der Waals surface area contributed by atoms with Gasteiger partial charge >= 0.3 is 0 Å². The average molecular weight is 261 g/mol. The van der Waals surface area contributed by atoms with Crippen molar-refractivity contribution in [1.29, 1.82) is 0 Å². The summed E-state index contributed by atoms with van der Waals surface area (Å²) in [5.74, 6) is 0.877. The number of aliphatic hydroxyl groups is 1. The van der Waals surface area contributed by atoms with Gasteiger partial charge in [-0.05, 0) is 37.5 Å². The molecule has 0 amide bonds. The number of nitrogens with one attached hydrogen (secondary N) is 1. The van der Waals surface area contributed by atoms with Gasteiger partial charge in [-0.3, -0.25) is 0 Å². The fourth-order valence-corrected chi connectivity index (χ4v) is 4.25. The van der Waals surface area contributed by atoms with Crippen LogP contribution in [0.1, 0.15) is 44.9 Å². The van der Waals surface area contributed by atoms with Crippen molar-refractivity contribution in [3.05, 3.63) is 0 Å². The van der Waals surface area contributed by atoms with Crippen LogP contribution >= 0.6 is 0 Å². The van der Waals surface area contributed by atoms with Gasteiger partial charge in [-0.2, -0.15) is 0 Å². The van der Waals surface area contributed by atoms with E-state index < -0.39 is 16.1 Å². The predicted molar refractivity (Wildman–Crippen MR) is 67.1 cm³/mol. The largest absolute Gasteiger partial charge is 0.391 e. The highest BCUT2D eigenvalue weighted by Crippen LogP contribution is 2.28. The Morgan fingerprint density at radius 3 is 2.29 bits per heavy atom. The third-order valence-corrected chi connectivity index (χ3v) is 5.65. The van der Waals surface area contributed by atoms with Crippen LogP contribution in [0.2, 0.25) is 0 Å². The molecule has 5 heteroatoms. The second-order valence-corrected chi connectivity index (χ2v) is 7.39. The van der Waals surface area contributed by atoms with E-state index in [1.165, 1.54) is 0 Å². The predicted octanol–water partition coefficient (Wildman–Crippen LogP) is 1.26. The Bertz CT molecular complexity index is 332. The van der Waals surface area contributed by atoms with Crippen molar-refractivity contribution < 1.29 is 13.5 Å². The maximum absolute atomic E-state index is 11.7. The third-order valence-electron chi connectivity index (χ3n) is 4.14. The van der Waals surface area contributed by atoms with Gasteiger partial charge in [-0.1, -0.05) is 19.3 Å². The van der Waals surface area contributed by atoms with Gasteiger partial charge in [0.15, 0.2) is 0 Å². The molecule has 17 heavy (non-hydrogen) atoms. The van der Waals surface area contributed by atoms with Crippen LogP contribution in [0.3, 0.4) is 0 Å². The molecule has 100 valence electrons. The standard InChI is InChI=1S/C12H23NO3S/c14-12(11-6-1-2-7-11)8-13-17(15,16)9-10-4-3-5-10/h10-14H,1-9H2. The monoisotopic (exact) mass is 261 g/mol. The van der Waals surface area contributed by atoms with E-state index >= 15 is 0 Å². The van der Waals surface area contributed by atoms with E-state index in [0.29, 0.717) is 11.8 Å². The molecule has 0 saturated heterocycles. The smallest absolute Gasteiger partial charge is 0.211 e. The molecule has 2 rings (SSSR count). The summed E-state index contributed by atoms with van der Waals surface area (Å²) in [6.45, 7) is 0.194. The first-order valence-corrected chi connectivity index (χ1v) is 8.37. The third kappa shape index (κ3) is 3.93. The average Bonchev–Trinajstić information content (AvgIpc) is 2.74. The lowest BCUT2D eigenvalue weighted by Crippen LogP contribution is -2.39. The fraction of sp³-hybridized carbons (Fsp3) is 1.00. The molecule has 0 aliphatic heterocycles. The van der Waals surface area contributed by atoms with E-state index in [-0.39, 0.29) is 12.3 Å². The minimum absolute atomic E-state index is 0.194. The van der Waals surface area contributed by atoms with Crippen molar-refractivity contribution >= 4 is 10.0 Å². The summed E-state index contributed by atoms with van der Waals surface area (Å²) in [5.41, 5.74) is 0. The summed E-state index contributed by atoms with van der Waals surface area (Å²) in [6.07, 6.45) is 7.11. The molecular weight excluding hydrogens is 238 g/mol. The van der Waals surface area contributed by atoms with E-state index in [1.54, 1.807) is 0 Å². The summed E-state index contributed by atoms with van der Waals surface area (Å²) in [6, 6.07) is 0. The minimum atomic E-state index is -3.18. The molecule has 2 aliphatic rings. The second-order valence-electron chi connectivity index (χ2n) is 5.54. The number of hydrogen-bond acceptors (Lipinski definition) is 3. The molecule has 2 N–H and O–H groups in total. The van der Waals surface area contributed by atoms with Gasteiger partial charge in [-0.15, -0.1) is 0 Å². The van der Waals surface area contributed by atoms with Crippen LogP contribution in [-0.2, 0) is 10.0 Å². The zero-order valence-corrected chi connectivity index (χ0v) is 11.1. The van der Waals surface area contributed by atoms with Crippen molar-refractivity contribution in [1.82, 2.24) is 4.72 Å². The molecular formula is C12H23NO3S. The van der Waals surface area contributed by atoms with Crippen molar-refractivity contribution in [2.24, 2.45) is 11.8 Å². The van der Waals surface area contributed by atoms with Gasteiger partial charge in [0, 0.05) is 6.54 Å². The summed E-state index contributed by atoms with van der Waals surface area (Å²) in [7, 11) is -3.18. The van der Waals surface area contributed by atoms with Gasteiger partial charge in [0.25, 0.3) is 0 Å². The van der Waals surface area contributed by atoms with Crippen LogP contribution < -0.4 is 4.72 Å². The zero-order chi connectivity index (χ0) is 12.3. The van der Waals surface area contributed by atoms with Gasteiger partial charge in [0.05, 0.1) is 11.9 Å². The Hall–Kier alpha value is -0.130. The summed E-state index contributed by atoms with van der Waals surface area (Å²) < 4.78 is 26.0. The number of aliphatic hydroxyl groups excluding tert-OH is 1. The molecule has 1 atom stereocenters. The first-order chi connectivity index (χ1) is 8.07. The Labute approximate surface area is 104 Å². The molecule has 0 radical (unpaired) electrons. The van der Waals surface area contributed by atoms with Crippen LogP contribution in [0.4, 0.5) is 0 Å². The zero-order valence-electron chi connectivity index (χ0n) is 10.3. The number of hydrogen-bond donors (Lipinski definition) is 2. The van der Waals surface area contributed by atoms with Gasteiger partial charge < -0.3 is 5.11 Å². The Morgan fingerprint density at radius 2 is 1.76 bits per heavy atom. The molecule has 0 bridgehead atoms. The van der Waals surface area contributed by atoms with E-state index in [0.717, 1.165) is 44.9 Å². The van der Waals surface area contributed by atoms with E-state index in [2.05, 4.69) is 4.72 Å². The molecule has 2 fully saturated rings. The maximum atomic E-state index is 11.7. The molecule has 2 saturated carbocycles. The van der Waals surface area contributed by atoms with Crippen LogP contribution in [0.5, 0.6) is 0 Å². The lowest BCUT2D eigenvalue weighted by Gasteiger charge is -2.25. The molecule has 0 heterocycles. The fourth-order valence-electron chi connectivity index (χ4n) is 2.75. The molecule has 1 unspecified atom stereocenters. The van der Waals surface area contributed by atoms with Crippen LogP contribution in [0, 0.1) is 11.8 Å². The lowest BCUT2D eigenvalue weighted by molar-refractivity contribution is 0.115. The maximum Gasteiger partial charge on any atom is 0.211 e. The normalized spacial score (nSPS) is 24.8. The van der Waals surface area contributed by atoms with Gasteiger partial charge in [0.2, 0.25) is 10.0 Å². The highest BCUT2D eigenvalue weighted by atomic mass is 32.2. The lowest BCUT2D eigenvalue weighted by atomic mass is 9.87. The second kappa shape index (κ2) is 5.67. The molecule has 2 aliphatic carbocycles. The molecule has 4 nitrogen and oxygen atoms in total. The molecule has 0 aromatic rings. The Kier molecular flexibility index (Phi) is 4.44. The van der Waals surface area contributed by atoms with Crippen molar-refractivity contribution in [3.63, 3.8) is 0 Å². The van der Waals surface area contributed by atoms with Crippen LogP contribution in [-0.4, -0.2) is 31.9 Å². The highest BCUT2D eigenvalue weighted by Gasteiger charge is 2.27. The summed E-state index contributed by atoms with van der Waals surface area (Å²) in [5, 5.41) is 9.89. The van der Waals surface area contributed by atoms with Crippen molar-refractivity contribution in [2.45, 2.75) is 51.0 Å². The van der Waals surface area contributed by atoms with E-state index in [9.17, 15) is 13.5 Å². The van der Waals surface area contributed by atoms with Crippen molar-refractivity contribution in [2.75, 3.05) is 12.3 Å². The van der Waals surface area contributed by atoms with E-state index in [4.69, 9.17) is 0 Å². The number of rotatable bonds is 6. The summed E-state index contributed by atoms with van der Waals surface area (Å²) in [4.78, 5) is 0. The highest BCUT2D eigenvalue weighted by molar-refractivity contribution is 7.89. The summed E-state index contributed by atoms with van der Waals surface area (Å²) >= 11 is 0. The number of sulfonamides is 1. The molecule has 0 aromatic carbocycles. The Balaban J connectivity index is 1.71. The van der Waals surface area contributed by atoms with Gasteiger partial charge in [-0.25, -0.2) is 13.1 Å². The van der Waals surface area contributed by atoms with Gasteiger partial charge in [0.1, 0.15) is 0 Å². The minimum Gasteiger partial charge on any atom is -0.391 e. The first kappa shape index (κ1) is 13.3. The van der Waals surface area contributed by atoms with Crippen LogP contribution in [0.25, 0.3) is 0 Å².